The van der Waals surface area contributed by atoms with E-state index >= 15 is 0 Å². The van der Waals surface area contributed by atoms with Gasteiger partial charge in [-0.1, -0.05) is 103 Å². The summed E-state index contributed by atoms with van der Waals surface area (Å²) < 4.78 is 13.4. The molecule has 2 aromatic heterocycles. The van der Waals surface area contributed by atoms with E-state index in [4.69, 9.17) is 8.83 Å². The number of furan rings is 2. The minimum Gasteiger partial charge on any atom is -0.456 e. The third kappa shape index (κ3) is 4.54. The van der Waals surface area contributed by atoms with Crippen LogP contribution in [0.1, 0.15) is 0 Å². The summed E-state index contributed by atoms with van der Waals surface area (Å²) in [5, 5.41) is 6.55. The van der Waals surface area contributed by atoms with Gasteiger partial charge in [-0.05, 0) is 72.1 Å². The molecule has 0 aliphatic carbocycles. The van der Waals surface area contributed by atoms with Gasteiger partial charge in [0.1, 0.15) is 22.3 Å². The molecular weight excluding hydrogens is 613 g/mol. The average molecular weight is 643 g/mol. The number of fused-ring (bicyclic) bond motifs is 8. The van der Waals surface area contributed by atoms with Gasteiger partial charge in [0.05, 0.1) is 16.8 Å². The molecule has 0 amide bonds. The minimum atomic E-state index is 0.812. The Labute approximate surface area is 288 Å². The summed E-state index contributed by atoms with van der Waals surface area (Å²) in [6.45, 7) is 0. The van der Waals surface area contributed by atoms with Crippen LogP contribution in [-0.2, 0) is 0 Å². The van der Waals surface area contributed by atoms with E-state index in [0.29, 0.717) is 0 Å². The molecule has 50 heavy (non-hydrogen) atoms. The zero-order valence-electron chi connectivity index (χ0n) is 27.0. The van der Waals surface area contributed by atoms with E-state index in [1.165, 1.54) is 0 Å². The maximum absolute atomic E-state index is 6.93. The molecule has 10 rings (SSSR count). The highest BCUT2D eigenvalue weighted by atomic mass is 16.3. The van der Waals surface area contributed by atoms with Crippen molar-refractivity contribution in [2.45, 2.75) is 0 Å². The molecule has 0 spiro atoms. The van der Waals surface area contributed by atoms with Crippen LogP contribution in [-0.4, -0.2) is 0 Å². The molecule has 0 atom stereocenters. The minimum absolute atomic E-state index is 0.812. The molecule has 4 nitrogen and oxygen atoms in total. The molecule has 0 saturated heterocycles. The Bertz CT molecular complexity index is 2780. The quantitative estimate of drug-likeness (QED) is 0.181. The van der Waals surface area contributed by atoms with Crippen LogP contribution in [0.15, 0.2) is 191 Å². The normalized spacial score (nSPS) is 11.6. The van der Waals surface area contributed by atoms with Crippen LogP contribution in [0.4, 0.5) is 34.1 Å². The molecule has 0 aliphatic heterocycles. The van der Waals surface area contributed by atoms with Crippen LogP contribution in [0.3, 0.4) is 0 Å². The Morgan fingerprint density at radius 3 is 1.60 bits per heavy atom. The van der Waals surface area contributed by atoms with Gasteiger partial charge in [-0.3, -0.25) is 0 Å². The fourth-order valence-electron chi connectivity index (χ4n) is 7.36. The second-order valence-corrected chi connectivity index (χ2v) is 12.6. The maximum Gasteiger partial charge on any atom is 0.143 e. The summed E-state index contributed by atoms with van der Waals surface area (Å²) >= 11 is 0. The van der Waals surface area contributed by atoms with Crippen molar-refractivity contribution in [1.29, 1.82) is 0 Å². The second kappa shape index (κ2) is 11.4. The average Bonchev–Trinajstić information content (AvgIpc) is 3.75. The van der Waals surface area contributed by atoms with Crippen molar-refractivity contribution in [1.82, 2.24) is 0 Å². The van der Waals surface area contributed by atoms with Crippen molar-refractivity contribution in [3.8, 4) is 0 Å². The standard InChI is InChI=1S/C46H30N2O2/c1-4-15-32(16-5-1)47(33-17-6-2-7-18-33)36-28-41(45-40-26-24-31-14-10-11-21-37(31)46(40)50-44(45)30-36)48(34-19-8-3-9-20-34)35-25-27-39-38-22-12-13-23-42(38)49-43(39)29-35/h1-30H. The first-order valence-corrected chi connectivity index (χ1v) is 16.8. The van der Waals surface area contributed by atoms with Crippen LogP contribution in [0.2, 0.25) is 0 Å². The third-order valence-electron chi connectivity index (χ3n) is 9.59. The molecule has 0 bridgehead atoms. The van der Waals surface area contributed by atoms with Crippen molar-refractivity contribution in [2.24, 2.45) is 0 Å². The van der Waals surface area contributed by atoms with Crippen LogP contribution < -0.4 is 9.80 Å². The van der Waals surface area contributed by atoms with E-state index in [9.17, 15) is 0 Å². The molecule has 10 aromatic rings. The van der Waals surface area contributed by atoms with Gasteiger partial charge >= 0.3 is 0 Å². The summed E-state index contributed by atoms with van der Waals surface area (Å²) in [7, 11) is 0. The van der Waals surface area contributed by atoms with E-state index in [0.717, 1.165) is 88.8 Å². The molecule has 0 aliphatic rings. The van der Waals surface area contributed by atoms with E-state index in [1.807, 2.05) is 12.1 Å². The van der Waals surface area contributed by atoms with E-state index < -0.39 is 0 Å². The number of nitrogens with zero attached hydrogens (tertiary/aromatic N) is 2. The van der Waals surface area contributed by atoms with Gasteiger partial charge in [0, 0.05) is 56.4 Å². The van der Waals surface area contributed by atoms with Gasteiger partial charge in [0.15, 0.2) is 0 Å². The molecule has 0 radical (unpaired) electrons. The van der Waals surface area contributed by atoms with Crippen molar-refractivity contribution in [2.75, 3.05) is 9.80 Å². The van der Waals surface area contributed by atoms with Crippen LogP contribution >= 0.6 is 0 Å². The van der Waals surface area contributed by atoms with Crippen molar-refractivity contribution in [3.05, 3.63) is 182 Å². The zero-order valence-corrected chi connectivity index (χ0v) is 27.0. The van der Waals surface area contributed by atoms with Gasteiger partial charge in [0.25, 0.3) is 0 Å². The smallest absolute Gasteiger partial charge is 0.143 e. The number of benzene rings is 8. The van der Waals surface area contributed by atoms with Crippen molar-refractivity contribution in [3.63, 3.8) is 0 Å². The number of anilines is 6. The lowest BCUT2D eigenvalue weighted by atomic mass is 10.0. The fourth-order valence-corrected chi connectivity index (χ4v) is 7.36. The van der Waals surface area contributed by atoms with Crippen molar-refractivity contribution < 1.29 is 8.83 Å². The lowest BCUT2D eigenvalue weighted by molar-refractivity contribution is 0.669. The van der Waals surface area contributed by atoms with Crippen LogP contribution in [0.25, 0.3) is 54.6 Å². The predicted molar refractivity (Wildman–Crippen MR) is 208 cm³/mol. The Morgan fingerprint density at radius 2 is 0.880 bits per heavy atom. The second-order valence-electron chi connectivity index (χ2n) is 12.6. The first kappa shape index (κ1) is 28.3. The summed E-state index contributed by atoms with van der Waals surface area (Å²) in [4.78, 5) is 4.62. The summed E-state index contributed by atoms with van der Waals surface area (Å²) in [6.07, 6.45) is 0. The molecule has 236 valence electrons. The largest absolute Gasteiger partial charge is 0.456 e. The predicted octanol–water partition coefficient (Wildman–Crippen LogP) is 13.6. The zero-order chi connectivity index (χ0) is 33.0. The lowest BCUT2D eigenvalue weighted by Gasteiger charge is -2.30. The number of para-hydroxylation sites is 4. The Kier molecular flexibility index (Phi) is 6.46. The Hall–Kier alpha value is -6.78. The highest BCUT2D eigenvalue weighted by Gasteiger charge is 2.24. The van der Waals surface area contributed by atoms with Crippen LogP contribution in [0, 0.1) is 0 Å². The third-order valence-corrected chi connectivity index (χ3v) is 9.59. The summed E-state index contributed by atoms with van der Waals surface area (Å²) in [5.74, 6) is 0. The van der Waals surface area contributed by atoms with Gasteiger partial charge in [-0.25, -0.2) is 0 Å². The highest BCUT2D eigenvalue weighted by molar-refractivity contribution is 6.20. The molecule has 8 aromatic carbocycles. The van der Waals surface area contributed by atoms with Gasteiger partial charge in [-0.15, -0.1) is 0 Å². The molecule has 0 unspecified atom stereocenters. The SMILES string of the molecule is c1ccc(N(c2ccccc2)c2cc(N(c3ccccc3)c3ccc4c(c3)oc3ccccc34)c3c(c2)oc2c4ccccc4ccc23)cc1. The summed E-state index contributed by atoms with van der Waals surface area (Å²) in [6, 6.07) is 63.6. The lowest BCUT2D eigenvalue weighted by Crippen LogP contribution is -2.13. The molecular formula is C46H30N2O2. The Morgan fingerprint density at radius 1 is 0.320 bits per heavy atom. The topological polar surface area (TPSA) is 32.8 Å². The summed E-state index contributed by atoms with van der Waals surface area (Å²) in [5.41, 5.74) is 9.53. The molecule has 2 heterocycles. The molecule has 0 fully saturated rings. The maximum atomic E-state index is 6.93. The number of hydrogen-bond donors (Lipinski definition) is 0. The van der Waals surface area contributed by atoms with Crippen molar-refractivity contribution >= 4 is 88.8 Å². The Balaban J connectivity index is 1.31. The fraction of sp³-hybridized carbons (Fsp3) is 0. The molecule has 0 saturated carbocycles. The first-order chi connectivity index (χ1) is 24.8. The first-order valence-electron chi connectivity index (χ1n) is 16.8. The van der Waals surface area contributed by atoms with E-state index in [2.05, 4.69) is 180 Å². The molecule has 0 N–H and O–H groups in total. The molecule has 4 heteroatoms. The monoisotopic (exact) mass is 642 g/mol. The van der Waals surface area contributed by atoms with E-state index in [1.54, 1.807) is 0 Å². The van der Waals surface area contributed by atoms with Gasteiger partial charge in [-0.2, -0.15) is 0 Å². The van der Waals surface area contributed by atoms with Gasteiger partial charge < -0.3 is 18.6 Å². The van der Waals surface area contributed by atoms with Gasteiger partial charge in [0.2, 0.25) is 0 Å². The highest BCUT2D eigenvalue weighted by Crippen LogP contribution is 2.48. The number of rotatable bonds is 6. The number of hydrogen-bond acceptors (Lipinski definition) is 4. The van der Waals surface area contributed by atoms with E-state index in [-0.39, 0.29) is 0 Å². The van der Waals surface area contributed by atoms with Crippen LogP contribution in [0.5, 0.6) is 0 Å².